The third-order valence-corrected chi connectivity index (χ3v) is 12.9. The summed E-state index contributed by atoms with van der Waals surface area (Å²) in [5.41, 5.74) is 2.35. The van der Waals surface area contributed by atoms with Gasteiger partial charge in [-0.05, 0) is 117 Å². The quantitative estimate of drug-likeness (QED) is 0.446. The molecule has 5 aliphatic rings. The topological polar surface area (TPSA) is 78.4 Å². The zero-order valence-electron chi connectivity index (χ0n) is 22.3. The van der Waals surface area contributed by atoms with Gasteiger partial charge in [0.05, 0.1) is 28.9 Å². The van der Waals surface area contributed by atoms with Gasteiger partial charge in [-0.3, -0.25) is 0 Å². The van der Waals surface area contributed by atoms with Gasteiger partial charge in [-0.15, -0.1) is 0 Å². The summed E-state index contributed by atoms with van der Waals surface area (Å²) in [6.45, 7) is 2.49. The van der Waals surface area contributed by atoms with E-state index in [1.807, 2.05) is 19.2 Å². The van der Waals surface area contributed by atoms with Crippen molar-refractivity contribution in [2.45, 2.75) is 95.9 Å². The van der Waals surface area contributed by atoms with Crippen molar-refractivity contribution in [3.8, 4) is 0 Å². The monoisotopic (exact) mass is 526 g/mol. The van der Waals surface area contributed by atoms with Crippen molar-refractivity contribution < 1.29 is 14.9 Å². The molecular weight excluding hydrogens is 484 g/mol. The molecule has 0 aliphatic heterocycles. The first-order chi connectivity index (χ1) is 17.8. The van der Waals surface area contributed by atoms with Gasteiger partial charge >= 0.3 is 0 Å². The fraction of sp³-hybridized carbons (Fsp3) is 0.774. The highest BCUT2D eigenvalue weighted by Crippen LogP contribution is 2.72. The Labute approximate surface area is 225 Å². The standard InChI is InChI=1S/C31H43ClN2O3/c1-30-12-11-19(35)14-18(30)15-25(36)28-21-8-7-20-17(10-13-31(20,21)26(37-2)16-22(28)30)6-9-27-33-24-5-3-4-23(32)29(24)34-27/h3-5,17-22,25-26,28,35-36H,6-16H2,1-2H3,(H,33,34)/t17?,18-,19+,20+,21-,22-,25+,26-,28-,30-,31+/m0/s1. The minimum atomic E-state index is -0.230. The molecule has 11 atom stereocenters. The maximum absolute atomic E-state index is 11.6. The molecular formula is C31H43ClN2O3. The van der Waals surface area contributed by atoms with Gasteiger partial charge in [-0.25, -0.2) is 4.98 Å². The molecule has 5 saturated carbocycles. The number of methoxy groups -OCH3 is 1. The van der Waals surface area contributed by atoms with Gasteiger partial charge in [0.25, 0.3) is 0 Å². The van der Waals surface area contributed by atoms with Crippen molar-refractivity contribution >= 4 is 22.6 Å². The summed E-state index contributed by atoms with van der Waals surface area (Å²) in [6.07, 6.45) is 11.8. The molecule has 1 unspecified atom stereocenters. The fourth-order valence-electron chi connectivity index (χ4n) is 11.0. The average molecular weight is 527 g/mol. The molecule has 1 heterocycles. The van der Waals surface area contributed by atoms with Gasteiger partial charge in [0.2, 0.25) is 0 Å². The fourth-order valence-corrected chi connectivity index (χ4v) is 11.2. The molecule has 37 heavy (non-hydrogen) atoms. The van der Waals surface area contributed by atoms with Crippen molar-refractivity contribution in [3.05, 3.63) is 29.0 Å². The number of hydrogen-bond acceptors (Lipinski definition) is 4. The second kappa shape index (κ2) is 8.94. The molecule has 6 heteroatoms. The number of fused-ring (bicyclic) bond motifs is 5. The first kappa shape index (κ1) is 24.9. The van der Waals surface area contributed by atoms with Crippen LogP contribution in [-0.2, 0) is 11.2 Å². The zero-order valence-corrected chi connectivity index (χ0v) is 23.1. The number of hydrogen-bond donors (Lipinski definition) is 3. The Kier molecular flexibility index (Phi) is 6.01. The summed E-state index contributed by atoms with van der Waals surface area (Å²) in [5.74, 6) is 4.32. The lowest BCUT2D eigenvalue weighted by Gasteiger charge is -2.64. The molecule has 7 rings (SSSR count). The summed E-state index contributed by atoms with van der Waals surface area (Å²) in [6, 6.07) is 5.94. The first-order valence-corrected chi connectivity index (χ1v) is 15.2. The molecule has 1 aromatic heterocycles. The summed E-state index contributed by atoms with van der Waals surface area (Å²) < 4.78 is 6.44. The molecule has 202 valence electrons. The van der Waals surface area contributed by atoms with Gasteiger partial charge in [0.15, 0.2) is 0 Å². The predicted molar refractivity (Wildman–Crippen MR) is 145 cm³/mol. The van der Waals surface area contributed by atoms with Crippen LogP contribution in [0.4, 0.5) is 0 Å². The third kappa shape index (κ3) is 3.56. The van der Waals surface area contributed by atoms with Crippen LogP contribution in [0, 0.1) is 46.3 Å². The molecule has 1 aromatic carbocycles. The molecule has 5 nitrogen and oxygen atoms in total. The number of aromatic nitrogens is 2. The van der Waals surface area contributed by atoms with Gasteiger partial charge in [0.1, 0.15) is 11.3 Å². The summed E-state index contributed by atoms with van der Waals surface area (Å²) >= 11 is 6.38. The summed E-state index contributed by atoms with van der Waals surface area (Å²) in [7, 11) is 1.95. The number of nitrogens with zero attached hydrogens (tertiary/aromatic N) is 1. The Bertz CT molecular complexity index is 1170. The van der Waals surface area contributed by atoms with E-state index in [9.17, 15) is 10.2 Å². The van der Waals surface area contributed by atoms with Crippen LogP contribution in [-0.4, -0.2) is 45.6 Å². The average Bonchev–Trinajstić information content (AvgIpc) is 3.56. The van der Waals surface area contributed by atoms with E-state index in [2.05, 4.69) is 18.0 Å². The number of para-hydroxylation sites is 1. The van der Waals surface area contributed by atoms with E-state index in [4.69, 9.17) is 21.3 Å². The van der Waals surface area contributed by atoms with Gasteiger partial charge in [-0.1, -0.05) is 24.6 Å². The lowest BCUT2D eigenvalue weighted by atomic mass is 9.43. The Morgan fingerprint density at radius 1 is 1.05 bits per heavy atom. The van der Waals surface area contributed by atoms with E-state index in [1.165, 1.54) is 25.7 Å². The van der Waals surface area contributed by atoms with Crippen molar-refractivity contribution in [1.82, 2.24) is 9.97 Å². The van der Waals surface area contributed by atoms with Crippen molar-refractivity contribution in [1.29, 1.82) is 0 Å². The second-order valence-electron chi connectivity index (χ2n) is 13.6. The van der Waals surface area contributed by atoms with E-state index < -0.39 is 0 Å². The normalized spacial score (nSPS) is 46.9. The van der Waals surface area contributed by atoms with E-state index in [1.54, 1.807) is 0 Å². The summed E-state index contributed by atoms with van der Waals surface area (Å²) in [4.78, 5) is 8.32. The summed E-state index contributed by atoms with van der Waals surface area (Å²) in [5, 5.41) is 22.8. The van der Waals surface area contributed by atoms with Crippen molar-refractivity contribution in [2.24, 2.45) is 46.3 Å². The molecule has 0 radical (unpaired) electrons. The lowest BCUT2D eigenvalue weighted by Crippen LogP contribution is -2.62. The number of aliphatic hydroxyl groups is 2. The molecule has 5 aliphatic carbocycles. The number of aliphatic hydroxyl groups excluding tert-OH is 2. The Hall–Kier alpha value is -1.14. The number of halogens is 1. The molecule has 0 saturated heterocycles. The number of imidazole rings is 1. The molecule has 2 aromatic rings. The number of H-pyrrole nitrogens is 1. The molecule has 0 amide bonds. The minimum Gasteiger partial charge on any atom is -0.393 e. The third-order valence-electron chi connectivity index (χ3n) is 12.6. The zero-order chi connectivity index (χ0) is 25.5. The number of ether oxygens (including phenoxy) is 1. The minimum absolute atomic E-state index is 0.191. The van der Waals surface area contributed by atoms with Crippen LogP contribution in [0.2, 0.25) is 5.02 Å². The number of nitrogens with one attached hydrogen (secondary N) is 1. The van der Waals surface area contributed by atoms with E-state index in [-0.39, 0.29) is 29.1 Å². The van der Waals surface area contributed by atoms with Crippen LogP contribution >= 0.6 is 11.6 Å². The first-order valence-electron chi connectivity index (χ1n) is 14.9. The maximum Gasteiger partial charge on any atom is 0.107 e. The molecule has 1 spiro atoms. The lowest BCUT2D eigenvalue weighted by molar-refractivity contribution is -0.211. The second-order valence-corrected chi connectivity index (χ2v) is 14.0. The van der Waals surface area contributed by atoms with Crippen LogP contribution in [0.1, 0.15) is 77.0 Å². The van der Waals surface area contributed by atoms with Crippen LogP contribution in [0.25, 0.3) is 11.0 Å². The van der Waals surface area contributed by atoms with Gasteiger partial charge < -0.3 is 19.9 Å². The highest BCUT2D eigenvalue weighted by molar-refractivity contribution is 6.34. The van der Waals surface area contributed by atoms with Crippen LogP contribution < -0.4 is 0 Å². The Balaban J connectivity index is 1.14. The molecule has 0 bridgehead atoms. The molecule has 5 fully saturated rings. The van der Waals surface area contributed by atoms with Crippen LogP contribution in [0.3, 0.4) is 0 Å². The smallest absolute Gasteiger partial charge is 0.107 e. The number of rotatable bonds is 4. The number of aromatic amines is 1. The van der Waals surface area contributed by atoms with Crippen LogP contribution in [0.15, 0.2) is 18.2 Å². The van der Waals surface area contributed by atoms with Gasteiger partial charge in [0, 0.05) is 18.9 Å². The molecule has 3 N–H and O–H groups in total. The highest BCUT2D eigenvalue weighted by Gasteiger charge is 2.69. The Morgan fingerprint density at radius 2 is 1.89 bits per heavy atom. The SMILES string of the molecule is CO[C@H]1C[C@H]2[C@@H]([C@H](O)C[C@@H]3C[C@H](O)CC[C@@]32C)[C@@H]2CC[C@@H]3C(CCc4nc5c(Cl)cccc5[nH]4)CC[C@@]132. The van der Waals surface area contributed by atoms with Crippen molar-refractivity contribution in [2.75, 3.05) is 7.11 Å². The van der Waals surface area contributed by atoms with E-state index >= 15 is 0 Å². The highest BCUT2D eigenvalue weighted by atomic mass is 35.5. The van der Waals surface area contributed by atoms with Crippen LogP contribution in [0.5, 0.6) is 0 Å². The Morgan fingerprint density at radius 3 is 2.70 bits per heavy atom. The van der Waals surface area contributed by atoms with Gasteiger partial charge in [-0.2, -0.15) is 0 Å². The largest absolute Gasteiger partial charge is 0.393 e. The van der Waals surface area contributed by atoms with Crippen molar-refractivity contribution in [3.63, 3.8) is 0 Å². The number of benzene rings is 1. The predicted octanol–water partition coefficient (Wildman–Crippen LogP) is 6.15. The van der Waals surface area contributed by atoms with E-state index in [0.29, 0.717) is 40.5 Å². The van der Waals surface area contributed by atoms with E-state index in [0.717, 1.165) is 61.8 Å². The number of aryl methyl sites for hydroxylation is 1. The maximum atomic E-state index is 11.6.